The summed E-state index contributed by atoms with van der Waals surface area (Å²) >= 11 is 0. The maximum absolute atomic E-state index is 12.4. The van der Waals surface area contributed by atoms with Gasteiger partial charge in [-0.3, -0.25) is 4.79 Å². The zero-order valence-electron chi connectivity index (χ0n) is 12.9. The van der Waals surface area contributed by atoms with Crippen molar-refractivity contribution in [2.75, 3.05) is 32.4 Å². The first-order valence-corrected chi connectivity index (χ1v) is 9.05. The topological polar surface area (TPSA) is 57.7 Å². The van der Waals surface area contributed by atoms with Crippen LogP contribution in [0.1, 0.15) is 33.6 Å². The Morgan fingerprint density at radius 3 is 2.30 bits per heavy atom. The molecular weight excluding hydrogens is 276 g/mol. The summed E-state index contributed by atoms with van der Waals surface area (Å²) in [6.45, 7) is 7.57. The molecule has 20 heavy (non-hydrogen) atoms. The van der Waals surface area contributed by atoms with E-state index in [0.29, 0.717) is 26.1 Å². The molecule has 6 heteroatoms. The number of rotatable bonds is 0. The highest BCUT2D eigenvalue weighted by molar-refractivity contribution is 7.92. The minimum absolute atomic E-state index is 0.0616. The second kappa shape index (κ2) is 5.30. The van der Waals surface area contributed by atoms with E-state index in [4.69, 9.17) is 0 Å². The maximum Gasteiger partial charge on any atom is 0.227 e. The molecule has 0 aliphatic carbocycles. The van der Waals surface area contributed by atoms with Gasteiger partial charge in [-0.25, -0.2) is 8.42 Å². The van der Waals surface area contributed by atoms with E-state index < -0.39 is 15.3 Å². The van der Waals surface area contributed by atoms with Crippen LogP contribution in [-0.4, -0.2) is 67.9 Å². The van der Waals surface area contributed by atoms with Crippen molar-refractivity contribution in [3.05, 3.63) is 0 Å². The molecule has 0 radical (unpaired) electrons. The fourth-order valence-electron chi connectivity index (χ4n) is 3.25. The van der Waals surface area contributed by atoms with Crippen LogP contribution in [0.5, 0.6) is 0 Å². The lowest BCUT2D eigenvalue weighted by atomic mass is 9.94. The number of carbonyl (C=O) groups is 1. The van der Waals surface area contributed by atoms with Crippen molar-refractivity contribution in [2.24, 2.45) is 5.41 Å². The van der Waals surface area contributed by atoms with E-state index in [9.17, 15) is 13.2 Å². The van der Waals surface area contributed by atoms with E-state index in [0.717, 1.165) is 6.42 Å². The van der Waals surface area contributed by atoms with Crippen LogP contribution in [0.25, 0.3) is 0 Å². The molecule has 116 valence electrons. The number of sulfone groups is 1. The average molecular weight is 302 g/mol. The Morgan fingerprint density at radius 1 is 1.10 bits per heavy atom. The van der Waals surface area contributed by atoms with Gasteiger partial charge in [0.05, 0.1) is 11.0 Å². The van der Waals surface area contributed by atoms with Gasteiger partial charge >= 0.3 is 0 Å². The summed E-state index contributed by atoms with van der Waals surface area (Å²) in [5.74, 6) is 0.369. The van der Waals surface area contributed by atoms with Crippen molar-refractivity contribution in [2.45, 2.75) is 44.9 Å². The largest absolute Gasteiger partial charge is 0.342 e. The Bertz CT molecular complexity index is 481. The lowest BCUT2D eigenvalue weighted by Crippen LogP contribution is -2.52. The molecule has 5 nitrogen and oxygen atoms in total. The molecule has 0 N–H and O–H groups in total. The summed E-state index contributed by atoms with van der Waals surface area (Å²) in [6.07, 6.45) is 1.32. The van der Waals surface area contributed by atoms with Crippen LogP contribution in [0.4, 0.5) is 0 Å². The molecule has 0 aromatic rings. The lowest BCUT2D eigenvalue weighted by Gasteiger charge is -2.37. The molecule has 2 fully saturated rings. The van der Waals surface area contributed by atoms with Gasteiger partial charge in [0.1, 0.15) is 0 Å². The Morgan fingerprint density at radius 2 is 1.70 bits per heavy atom. The molecule has 2 saturated heterocycles. The van der Waals surface area contributed by atoms with Crippen LogP contribution in [-0.2, 0) is 14.6 Å². The van der Waals surface area contributed by atoms with E-state index in [1.165, 1.54) is 0 Å². The van der Waals surface area contributed by atoms with Crippen LogP contribution in [0.15, 0.2) is 0 Å². The minimum atomic E-state index is -3.00. The normalized spacial score (nSPS) is 31.5. The maximum atomic E-state index is 12.4. The van der Waals surface area contributed by atoms with Gasteiger partial charge in [-0.15, -0.1) is 0 Å². The first-order valence-electron chi connectivity index (χ1n) is 7.34. The molecule has 0 unspecified atom stereocenters. The first-order chi connectivity index (χ1) is 9.13. The summed E-state index contributed by atoms with van der Waals surface area (Å²) in [6, 6.07) is 0.0616. The van der Waals surface area contributed by atoms with Crippen molar-refractivity contribution >= 4 is 15.7 Å². The Hall–Kier alpha value is -0.620. The fourth-order valence-corrected chi connectivity index (χ4v) is 5.38. The van der Waals surface area contributed by atoms with Gasteiger partial charge < -0.3 is 9.80 Å². The van der Waals surface area contributed by atoms with Crippen molar-refractivity contribution in [1.82, 2.24) is 9.80 Å². The predicted octanol–water partition coefficient (Wildman–Crippen LogP) is 0.752. The summed E-state index contributed by atoms with van der Waals surface area (Å²) in [5, 5.41) is -0.306. The summed E-state index contributed by atoms with van der Waals surface area (Å²) in [4.78, 5) is 16.4. The van der Waals surface area contributed by atoms with Gasteiger partial charge in [-0.2, -0.15) is 0 Å². The van der Waals surface area contributed by atoms with Crippen LogP contribution in [0.2, 0.25) is 0 Å². The monoisotopic (exact) mass is 302 g/mol. The molecule has 1 amide bonds. The molecule has 0 spiro atoms. The molecule has 2 aliphatic rings. The number of carbonyl (C=O) groups excluding carboxylic acids is 1. The molecule has 2 aliphatic heterocycles. The first kappa shape index (κ1) is 15.8. The van der Waals surface area contributed by atoms with Crippen molar-refractivity contribution in [3.63, 3.8) is 0 Å². The zero-order chi connectivity index (χ0) is 15.1. The standard InChI is InChI=1S/C14H26N2O3S/c1-14(2,3)13(17)16-7-5-11-12(6-8-16)20(18,19)10-9-15(11)4/h11-12H,5-10H2,1-4H3/t11-,12+/m0/s1. The second-order valence-electron chi connectivity index (χ2n) is 7.07. The van der Waals surface area contributed by atoms with E-state index in [-0.39, 0.29) is 23.0 Å². The number of amides is 1. The third kappa shape index (κ3) is 3.01. The molecule has 2 atom stereocenters. The quantitative estimate of drug-likeness (QED) is 0.663. The van der Waals surface area contributed by atoms with Crippen molar-refractivity contribution < 1.29 is 13.2 Å². The minimum Gasteiger partial charge on any atom is -0.342 e. The number of hydrogen-bond donors (Lipinski definition) is 0. The summed E-state index contributed by atoms with van der Waals surface area (Å²) < 4.78 is 24.5. The molecule has 0 bridgehead atoms. The Balaban J connectivity index is 2.17. The van der Waals surface area contributed by atoms with E-state index in [1.54, 1.807) is 0 Å². The third-order valence-corrected chi connectivity index (χ3v) is 6.72. The van der Waals surface area contributed by atoms with Crippen LogP contribution >= 0.6 is 0 Å². The smallest absolute Gasteiger partial charge is 0.227 e. The van der Waals surface area contributed by atoms with E-state index in [1.807, 2.05) is 32.7 Å². The molecule has 2 rings (SSSR count). The summed E-state index contributed by atoms with van der Waals surface area (Å²) in [7, 11) is -1.01. The van der Waals surface area contributed by atoms with Crippen molar-refractivity contribution in [3.8, 4) is 0 Å². The highest BCUT2D eigenvalue weighted by atomic mass is 32.2. The van der Waals surface area contributed by atoms with Crippen molar-refractivity contribution in [1.29, 1.82) is 0 Å². The number of nitrogens with zero attached hydrogens (tertiary/aromatic N) is 2. The summed E-state index contributed by atoms with van der Waals surface area (Å²) in [5.41, 5.74) is -0.402. The number of fused-ring (bicyclic) bond motifs is 1. The van der Waals surface area contributed by atoms with Gasteiger partial charge in [0.2, 0.25) is 5.91 Å². The van der Waals surface area contributed by atoms with Gasteiger partial charge in [0.25, 0.3) is 0 Å². The van der Waals surface area contributed by atoms with Crippen LogP contribution in [0, 0.1) is 5.41 Å². The third-order valence-electron chi connectivity index (χ3n) is 4.49. The zero-order valence-corrected chi connectivity index (χ0v) is 13.7. The number of hydrogen-bond acceptors (Lipinski definition) is 4. The van der Waals surface area contributed by atoms with Gasteiger partial charge in [-0.05, 0) is 19.9 Å². The predicted molar refractivity (Wildman–Crippen MR) is 79.3 cm³/mol. The molecule has 2 heterocycles. The lowest BCUT2D eigenvalue weighted by molar-refractivity contribution is -0.139. The molecular formula is C14H26N2O3S. The van der Waals surface area contributed by atoms with Gasteiger partial charge in [0.15, 0.2) is 9.84 Å². The average Bonchev–Trinajstić information content (AvgIpc) is 2.56. The fraction of sp³-hybridized carbons (Fsp3) is 0.929. The van der Waals surface area contributed by atoms with Gasteiger partial charge in [0, 0.05) is 31.1 Å². The van der Waals surface area contributed by atoms with E-state index in [2.05, 4.69) is 4.90 Å². The Kier molecular flexibility index (Phi) is 4.17. The molecule has 0 saturated carbocycles. The Labute approximate surface area is 122 Å². The second-order valence-corrected chi connectivity index (χ2v) is 9.41. The number of likely N-dealkylation sites (tertiary alicyclic amines) is 1. The highest BCUT2D eigenvalue weighted by Gasteiger charge is 2.42. The van der Waals surface area contributed by atoms with Gasteiger partial charge in [-0.1, -0.05) is 20.8 Å². The van der Waals surface area contributed by atoms with Crippen LogP contribution in [0.3, 0.4) is 0 Å². The molecule has 0 aromatic carbocycles. The van der Waals surface area contributed by atoms with E-state index >= 15 is 0 Å². The van der Waals surface area contributed by atoms with Crippen LogP contribution < -0.4 is 0 Å². The SMILES string of the molecule is CN1CCS(=O)(=O)[C@@H]2CCN(C(=O)C(C)(C)C)CC[C@@H]21. The highest BCUT2D eigenvalue weighted by Crippen LogP contribution is 2.28. The molecule has 0 aromatic heterocycles.